The Morgan fingerprint density at radius 3 is 2.51 bits per heavy atom. The summed E-state index contributed by atoms with van der Waals surface area (Å²) in [4.78, 5) is 37.0. The molecule has 0 aliphatic rings. The zero-order chi connectivity index (χ0) is 26.7. The van der Waals surface area contributed by atoms with Gasteiger partial charge < -0.3 is 16.4 Å². The molecule has 4 rings (SSSR count). The number of nitrogens with two attached hydrogens (primary N) is 1. The van der Waals surface area contributed by atoms with Crippen LogP contribution in [0.4, 0.5) is 24.8 Å². The summed E-state index contributed by atoms with van der Waals surface area (Å²) in [7, 11) is 0. The fraction of sp³-hybridized carbons (Fsp3) is 0.240. The first-order valence-electron chi connectivity index (χ1n) is 11.4. The number of nitrogens with one attached hydrogen (secondary N) is 2. The van der Waals surface area contributed by atoms with Gasteiger partial charge in [0.25, 0.3) is 5.91 Å². The first-order chi connectivity index (χ1) is 17.6. The van der Waals surface area contributed by atoms with Gasteiger partial charge in [-0.15, -0.1) is 0 Å². The number of anilines is 2. The van der Waals surface area contributed by atoms with E-state index in [4.69, 9.17) is 10.7 Å². The third-order valence-corrected chi connectivity index (χ3v) is 5.73. The highest BCUT2D eigenvalue weighted by atomic mass is 19.4. The summed E-state index contributed by atoms with van der Waals surface area (Å²) in [6.45, 7) is 4.09. The van der Waals surface area contributed by atoms with Crippen molar-refractivity contribution in [3.05, 3.63) is 71.9 Å². The second-order valence-corrected chi connectivity index (χ2v) is 8.37. The van der Waals surface area contributed by atoms with E-state index < -0.39 is 17.6 Å². The number of nitrogens with zero attached hydrogens (tertiary/aromatic N) is 4. The van der Waals surface area contributed by atoms with Crippen molar-refractivity contribution in [1.82, 2.24) is 24.7 Å². The highest BCUT2D eigenvalue weighted by molar-refractivity contribution is 6.04. The van der Waals surface area contributed by atoms with E-state index in [2.05, 4.69) is 20.6 Å². The van der Waals surface area contributed by atoms with E-state index in [-0.39, 0.29) is 29.0 Å². The summed E-state index contributed by atoms with van der Waals surface area (Å²) in [5.74, 6) is -0.0924. The zero-order valence-electron chi connectivity index (χ0n) is 20.0. The van der Waals surface area contributed by atoms with Crippen LogP contribution in [0.5, 0.6) is 0 Å². The van der Waals surface area contributed by atoms with E-state index in [1.807, 2.05) is 11.3 Å². The summed E-state index contributed by atoms with van der Waals surface area (Å²) in [5, 5.41) is 5.24. The Morgan fingerprint density at radius 1 is 1.11 bits per heavy atom. The van der Waals surface area contributed by atoms with Gasteiger partial charge in [0.05, 0.1) is 5.56 Å². The minimum absolute atomic E-state index is 0.0664. The maximum absolute atomic E-state index is 12.9. The number of aromatic nitrogens is 4. The third kappa shape index (κ3) is 5.52. The van der Waals surface area contributed by atoms with Gasteiger partial charge in [-0.05, 0) is 24.3 Å². The molecular weight excluding hydrogens is 487 g/mol. The van der Waals surface area contributed by atoms with Crippen molar-refractivity contribution in [2.24, 2.45) is 0 Å². The van der Waals surface area contributed by atoms with Gasteiger partial charge in [0.2, 0.25) is 5.91 Å². The van der Waals surface area contributed by atoms with E-state index in [1.165, 1.54) is 12.1 Å². The van der Waals surface area contributed by atoms with Crippen molar-refractivity contribution in [2.45, 2.75) is 32.4 Å². The van der Waals surface area contributed by atoms with Crippen LogP contribution in [0.3, 0.4) is 0 Å². The highest BCUT2D eigenvalue weighted by Crippen LogP contribution is 2.31. The molecule has 0 aliphatic carbocycles. The number of hydrogen-bond donors (Lipinski definition) is 3. The van der Waals surface area contributed by atoms with Crippen LogP contribution in [-0.4, -0.2) is 37.7 Å². The molecule has 0 saturated carbocycles. The Labute approximate surface area is 210 Å². The second-order valence-electron chi connectivity index (χ2n) is 8.37. The fourth-order valence-electron chi connectivity index (χ4n) is 3.76. The fourth-order valence-corrected chi connectivity index (χ4v) is 3.76. The van der Waals surface area contributed by atoms with Gasteiger partial charge in [0.1, 0.15) is 28.7 Å². The predicted octanol–water partition coefficient (Wildman–Crippen LogP) is 4.27. The van der Waals surface area contributed by atoms with Crippen LogP contribution in [0.2, 0.25) is 0 Å². The standard InChI is InChI=1S/C25H24F3N7O2/c1-3-19(36)32-13-14(2)23-34-20(21-22(29)31-10-11-35(21)23)15-4-6-16(7-5-15)24(37)33-18-12-17(8-9-30-18)25(26,27)28/h4-12,14H,3,13H2,1-2H3,(H2,29,31)(H,32,36)(H,30,33,37). The van der Waals surface area contributed by atoms with Crippen molar-refractivity contribution >= 4 is 29.0 Å². The molecule has 0 radical (unpaired) electrons. The molecular formula is C25H24F3N7O2. The lowest BCUT2D eigenvalue weighted by Gasteiger charge is -2.11. The number of pyridine rings is 1. The summed E-state index contributed by atoms with van der Waals surface area (Å²) in [6.07, 6.45) is 0.104. The van der Waals surface area contributed by atoms with Gasteiger partial charge >= 0.3 is 6.18 Å². The van der Waals surface area contributed by atoms with Gasteiger partial charge in [-0.2, -0.15) is 13.2 Å². The molecule has 3 aromatic heterocycles. The maximum atomic E-state index is 12.9. The van der Waals surface area contributed by atoms with Crippen molar-refractivity contribution < 1.29 is 22.8 Å². The highest BCUT2D eigenvalue weighted by Gasteiger charge is 2.31. The Kier molecular flexibility index (Phi) is 7.09. The lowest BCUT2D eigenvalue weighted by molar-refractivity contribution is -0.137. The van der Waals surface area contributed by atoms with Crippen LogP contribution >= 0.6 is 0 Å². The number of alkyl halides is 3. The van der Waals surface area contributed by atoms with Crippen LogP contribution < -0.4 is 16.4 Å². The van der Waals surface area contributed by atoms with E-state index in [0.29, 0.717) is 35.6 Å². The maximum Gasteiger partial charge on any atom is 0.416 e. The molecule has 1 aromatic carbocycles. The Balaban J connectivity index is 1.60. The lowest BCUT2D eigenvalue weighted by atomic mass is 10.1. The molecule has 2 amide bonds. The number of benzene rings is 1. The largest absolute Gasteiger partial charge is 0.416 e. The number of imidazole rings is 1. The topological polar surface area (TPSA) is 127 Å². The number of rotatable bonds is 7. The molecule has 37 heavy (non-hydrogen) atoms. The normalized spacial score (nSPS) is 12.4. The molecule has 3 heterocycles. The first-order valence-corrected chi connectivity index (χ1v) is 11.4. The number of halogens is 3. The Hall–Kier alpha value is -4.48. The molecule has 0 bridgehead atoms. The Morgan fingerprint density at radius 2 is 1.84 bits per heavy atom. The van der Waals surface area contributed by atoms with E-state index in [9.17, 15) is 22.8 Å². The molecule has 0 fully saturated rings. The number of carbonyl (C=O) groups excluding carboxylic acids is 2. The average molecular weight is 512 g/mol. The third-order valence-electron chi connectivity index (χ3n) is 5.73. The molecule has 1 unspecified atom stereocenters. The van der Waals surface area contributed by atoms with Crippen molar-refractivity contribution in [1.29, 1.82) is 0 Å². The van der Waals surface area contributed by atoms with Crippen LogP contribution in [0.15, 0.2) is 55.0 Å². The van der Waals surface area contributed by atoms with Crippen LogP contribution in [-0.2, 0) is 11.0 Å². The summed E-state index contributed by atoms with van der Waals surface area (Å²) in [6, 6.07) is 7.98. The minimum Gasteiger partial charge on any atom is -0.382 e. The second kappa shape index (κ2) is 10.2. The van der Waals surface area contributed by atoms with Crippen LogP contribution in [0.1, 0.15) is 47.9 Å². The van der Waals surface area contributed by atoms with Gasteiger partial charge in [-0.1, -0.05) is 26.0 Å². The summed E-state index contributed by atoms with van der Waals surface area (Å²) < 4.78 is 40.6. The number of nitrogen functional groups attached to an aromatic ring is 1. The van der Waals surface area contributed by atoms with Crippen molar-refractivity contribution in [3.63, 3.8) is 0 Å². The number of fused-ring (bicyclic) bond motifs is 1. The average Bonchev–Trinajstić information content (AvgIpc) is 3.28. The summed E-state index contributed by atoms with van der Waals surface area (Å²) in [5.41, 5.74) is 7.25. The molecule has 4 N–H and O–H groups in total. The zero-order valence-corrected chi connectivity index (χ0v) is 20.0. The van der Waals surface area contributed by atoms with Gasteiger partial charge in [-0.25, -0.2) is 15.0 Å². The minimum atomic E-state index is -4.55. The van der Waals surface area contributed by atoms with Crippen LogP contribution in [0.25, 0.3) is 16.8 Å². The number of carbonyl (C=O) groups is 2. The Bertz CT molecular complexity index is 1450. The molecule has 4 aromatic rings. The monoisotopic (exact) mass is 511 g/mol. The van der Waals surface area contributed by atoms with Crippen LogP contribution in [0, 0.1) is 0 Å². The van der Waals surface area contributed by atoms with Gasteiger partial charge in [0, 0.05) is 48.6 Å². The van der Waals surface area contributed by atoms with Crippen molar-refractivity contribution in [3.8, 4) is 11.3 Å². The molecule has 0 saturated heterocycles. The summed E-state index contributed by atoms with van der Waals surface area (Å²) >= 11 is 0. The molecule has 0 spiro atoms. The van der Waals surface area contributed by atoms with Gasteiger partial charge in [-0.3, -0.25) is 14.0 Å². The SMILES string of the molecule is CCC(=O)NCC(C)c1nc(-c2ccc(C(=O)Nc3cc(C(F)(F)F)ccn3)cc2)c2c(N)nccn12. The quantitative estimate of drug-likeness (QED) is 0.340. The van der Waals surface area contributed by atoms with Gasteiger partial charge in [0.15, 0.2) is 0 Å². The first kappa shape index (κ1) is 25.6. The smallest absolute Gasteiger partial charge is 0.382 e. The number of hydrogen-bond acceptors (Lipinski definition) is 6. The number of amides is 2. The van der Waals surface area contributed by atoms with E-state index >= 15 is 0 Å². The molecule has 0 aliphatic heterocycles. The molecule has 192 valence electrons. The van der Waals surface area contributed by atoms with E-state index in [0.717, 1.165) is 18.3 Å². The van der Waals surface area contributed by atoms with Crippen molar-refractivity contribution in [2.75, 3.05) is 17.6 Å². The lowest BCUT2D eigenvalue weighted by Crippen LogP contribution is -2.27. The molecule has 1 atom stereocenters. The molecule has 9 nitrogen and oxygen atoms in total. The predicted molar refractivity (Wildman–Crippen MR) is 132 cm³/mol. The van der Waals surface area contributed by atoms with E-state index in [1.54, 1.807) is 31.5 Å². The molecule has 12 heteroatoms.